The normalized spacial score (nSPS) is 14.0. The molecule has 0 bridgehead atoms. The lowest BCUT2D eigenvalue weighted by Gasteiger charge is -2.29. The number of morpholine rings is 1. The first-order chi connectivity index (χ1) is 16.2. The van der Waals surface area contributed by atoms with Crippen LogP contribution in [0.15, 0.2) is 53.8 Å². The van der Waals surface area contributed by atoms with Crippen molar-refractivity contribution in [3.05, 3.63) is 65.6 Å². The number of anilines is 4. The topological polar surface area (TPSA) is 114 Å². The molecular formula is C23H24FN5O4S. The fourth-order valence-corrected chi connectivity index (χ4v) is 3.99. The molecule has 0 saturated carbocycles. The van der Waals surface area contributed by atoms with Gasteiger partial charge in [-0.2, -0.15) is 0 Å². The lowest BCUT2D eigenvalue weighted by Crippen LogP contribution is -2.36. The molecule has 34 heavy (non-hydrogen) atoms. The number of ether oxygens (including phenoxy) is 1. The minimum absolute atomic E-state index is 0.199. The standard InChI is InChI=1S/C23H24FN5O4S/c1-15-3-4-18(14-20(15)27-21-5-6-25-23(28-21)34(2,31)32)26-22(30)16-11-17(24)13-19(12-16)29-7-9-33-10-8-29/h3-6,11-14H,7-10H2,1-2H3,(H,26,30)(H,25,27,28). The number of sulfone groups is 1. The SMILES string of the molecule is Cc1ccc(NC(=O)c2cc(F)cc(N3CCOCC3)c2)cc1Nc1ccnc(S(C)(=O)=O)n1. The summed E-state index contributed by atoms with van der Waals surface area (Å²) in [6.07, 6.45) is 2.38. The molecule has 0 spiro atoms. The van der Waals surface area contributed by atoms with Gasteiger partial charge in [-0.05, 0) is 48.9 Å². The fraction of sp³-hybridized carbons (Fsp3) is 0.261. The number of halogens is 1. The Morgan fingerprint density at radius 3 is 2.62 bits per heavy atom. The van der Waals surface area contributed by atoms with E-state index in [1.54, 1.807) is 30.3 Å². The van der Waals surface area contributed by atoms with Crippen molar-refractivity contribution in [1.29, 1.82) is 0 Å². The van der Waals surface area contributed by atoms with Gasteiger partial charge in [0, 0.05) is 48.2 Å². The molecule has 11 heteroatoms. The highest BCUT2D eigenvalue weighted by Crippen LogP contribution is 2.25. The van der Waals surface area contributed by atoms with Gasteiger partial charge < -0.3 is 20.3 Å². The summed E-state index contributed by atoms with van der Waals surface area (Å²) in [6, 6.07) is 11.0. The van der Waals surface area contributed by atoms with Crippen molar-refractivity contribution in [2.45, 2.75) is 12.1 Å². The van der Waals surface area contributed by atoms with Crippen LogP contribution in [-0.4, -0.2) is 56.9 Å². The van der Waals surface area contributed by atoms with E-state index in [1.165, 1.54) is 18.3 Å². The van der Waals surface area contributed by atoms with Crippen molar-refractivity contribution in [2.24, 2.45) is 0 Å². The quantitative estimate of drug-likeness (QED) is 0.512. The summed E-state index contributed by atoms with van der Waals surface area (Å²) in [5.74, 6) is -0.654. The predicted octanol–water partition coefficient (Wildman–Crippen LogP) is 3.16. The summed E-state index contributed by atoms with van der Waals surface area (Å²) < 4.78 is 43.0. The molecule has 1 saturated heterocycles. The van der Waals surface area contributed by atoms with Crippen molar-refractivity contribution < 1.29 is 22.3 Å². The fourth-order valence-electron chi connectivity index (χ4n) is 3.47. The van der Waals surface area contributed by atoms with Gasteiger partial charge in [-0.1, -0.05) is 6.07 Å². The summed E-state index contributed by atoms with van der Waals surface area (Å²) in [7, 11) is -3.56. The Morgan fingerprint density at radius 2 is 1.88 bits per heavy atom. The van der Waals surface area contributed by atoms with Crippen molar-refractivity contribution in [1.82, 2.24) is 9.97 Å². The van der Waals surface area contributed by atoms with Crippen LogP contribution in [0.4, 0.5) is 27.3 Å². The number of rotatable bonds is 6. The molecule has 1 aliphatic heterocycles. The third-order valence-corrected chi connectivity index (χ3v) is 6.10. The number of amides is 1. The van der Waals surface area contributed by atoms with E-state index in [2.05, 4.69) is 20.6 Å². The van der Waals surface area contributed by atoms with Gasteiger partial charge >= 0.3 is 0 Å². The highest BCUT2D eigenvalue weighted by molar-refractivity contribution is 7.90. The van der Waals surface area contributed by atoms with E-state index in [1.807, 2.05) is 11.8 Å². The van der Waals surface area contributed by atoms with E-state index >= 15 is 0 Å². The van der Waals surface area contributed by atoms with Gasteiger partial charge in [0.05, 0.1) is 13.2 Å². The molecule has 1 fully saturated rings. The van der Waals surface area contributed by atoms with E-state index in [-0.39, 0.29) is 10.7 Å². The monoisotopic (exact) mass is 485 g/mol. The predicted molar refractivity (Wildman–Crippen MR) is 127 cm³/mol. The molecule has 2 heterocycles. The largest absolute Gasteiger partial charge is 0.378 e. The van der Waals surface area contributed by atoms with Gasteiger partial charge in [0.25, 0.3) is 5.91 Å². The van der Waals surface area contributed by atoms with Gasteiger partial charge in [-0.25, -0.2) is 22.8 Å². The van der Waals surface area contributed by atoms with E-state index < -0.39 is 21.6 Å². The molecule has 2 N–H and O–H groups in total. The molecule has 0 aliphatic carbocycles. The van der Waals surface area contributed by atoms with E-state index in [9.17, 15) is 17.6 Å². The van der Waals surface area contributed by atoms with Gasteiger partial charge in [0.15, 0.2) is 0 Å². The average Bonchev–Trinajstić information content (AvgIpc) is 2.81. The molecule has 1 aliphatic rings. The van der Waals surface area contributed by atoms with Crippen molar-refractivity contribution in [2.75, 3.05) is 48.1 Å². The Morgan fingerprint density at radius 1 is 1.12 bits per heavy atom. The Balaban J connectivity index is 1.53. The highest BCUT2D eigenvalue weighted by atomic mass is 32.2. The van der Waals surface area contributed by atoms with E-state index in [4.69, 9.17) is 4.74 Å². The summed E-state index contributed by atoms with van der Waals surface area (Å²) >= 11 is 0. The van der Waals surface area contributed by atoms with Crippen LogP contribution in [0.25, 0.3) is 0 Å². The third kappa shape index (κ3) is 5.67. The zero-order valence-corrected chi connectivity index (χ0v) is 19.5. The van der Waals surface area contributed by atoms with Crippen LogP contribution in [0.3, 0.4) is 0 Å². The van der Waals surface area contributed by atoms with Gasteiger partial charge in [-0.15, -0.1) is 0 Å². The van der Waals surface area contributed by atoms with Crippen LogP contribution in [-0.2, 0) is 14.6 Å². The lowest BCUT2D eigenvalue weighted by atomic mass is 10.1. The molecule has 4 rings (SSSR count). The zero-order chi connectivity index (χ0) is 24.3. The van der Waals surface area contributed by atoms with Crippen LogP contribution >= 0.6 is 0 Å². The number of nitrogens with one attached hydrogen (secondary N) is 2. The summed E-state index contributed by atoms with van der Waals surface area (Å²) in [5.41, 5.74) is 2.77. The molecule has 178 valence electrons. The molecule has 3 aromatic rings. The van der Waals surface area contributed by atoms with Gasteiger partial charge in [0.1, 0.15) is 11.6 Å². The lowest BCUT2D eigenvalue weighted by molar-refractivity contribution is 0.102. The number of carbonyl (C=O) groups is 1. The third-order valence-electron chi connectivity index (χ3n) is 5.24. The number of aromatic nitrogens is 2. The second kappa shape index (κ2) is 9.74. The minimum atomic E-state index is -3.56. The molecule has 1 aromatic heterocycles. The second-order valence-electron chi connectivity index (χ2n) is 7.90. The van der Waals surface area contributed by atoms with Crippen molar-refractivity contribution in [3.8, 4) is 0 Å². The number of benzene rings is 2. The van der Waals surface area contributed by atoms with Gasteiger partial charge in [-0.3, -0.25) is 4.79 Å². The van der Waals surface area contributed by atoms with Crippen LogP contribution in [0.1, 0.15) is 15.9 Å². The maximum atomic E-state index is 14.3. The Kier molecular flexibility index (Phi) is 6.75. The molecule has 1 amide bonds. The molecule has 0 radical (unpaired) electrons. The number of hydrogen-bond donors (Lipinski definition) is 2. The van der Waals surface area contributed by atoms with Crippen LogP contribution < -0.4 is 15.5 Å². The van der Waals surface area contributed by atoms with Crippen LogP contribution in [0.2, 0.25) is 0 Å². The molecule has 2 aromatic carbocycles. The smallest absolute Gasteiger partial charge is 0.255 e. The molecule has 0 unspecified atom stereocenters. The van der Waals surface area contributed by atoms with Crippen LogP contribution in [0, 0.1) is 12.7 Å². The second-order valence-corrected chi connectivity index (χ2v) is 9.81. The summed E-state index contributed by atoms with van der Waals surface area (Å²) in [4.78, 5) is 22.7. The number of hydrogen-bond acceptors (Lipinski definition) is 8. The molecule has 9 nitrogen and oxygen atoms in total. The number of aryl methyl sites for hydroxylation is 1. The Labute approximate surface area is 196 Å². The first-order valence-electron chi connectivity index (χ1n) is 10.5. The first kappa shape index (κ1) is 23.6. The van der Waals surface area contributed by atoms with Crippen molar-refractivity contribution >= 4 is 38.6 Å². The van der Waals surface area contributed by atoms with Crippen LogP contribution in [0.5, 0.6) is 0 Å². The Hall–Kier alpha value is -3.57. The molecule has 0 atom stereocenters. The van der Waals surface area contributed by atoms with Crippen molar-refractivity contribution in [3.63, 3.8) is 0 Å². The average molecular weight is 486 g/mol. The van der Waals surface area contributed by atoms with E-state index in [0.717, 1.165) is 11.8 Å². The zero-order valence-electron chi connectivity index (χ0n) is 18.7. The summed E-state index contributed by atoms with van der Waals surface area (Å²) in [5, 5.41) is 5.55. The Bertz CT molecular complexity index is 1330. The molecular weight excluding hydrogens is 461 g/mol. The van der Waals surface area contributed by atoms with Gasteiger partial charge in [0.2, 0.25) is 15.0 Å². The minimum Gasteiger partial charge on any atom is -0.378 e. The van der Waals surface area contributed by atoms with E-state index in [0.29, 0.717) is 49.2 Å². The number of carbonyl (C=O) groups excluding carboxylic acids is 1. The highest BCUT2D eigenvalue weighted by Gasteiger charge is 2.16. The number of nitrogens with zero attached hydrogens (tertiary/aromatic N) is 3. The maximum Gasteiger partial charge on any atom is 0.255 e. The summed E-state index contributed by atoms with van der Waals surface area (Å²) in [6.45, 7) is 4.21. The maximum absolute atomic E-state index is 14.3. The first-order valence-corrected chi connectivity index (χ1v) is 12.4.